The van der Waals surface area contributed by atoms with Crippen molar-refractivity contribution in [3.63, 3.8) is 0 Å². The summed E-state index contributed by atoms with van der Waals surface area (Å²) in [5.74, 6) is 0. The summed E-state index contributed by atoms with van der Waals surface area (Å²) in [6.45, 7) is 3.78. The quantitative estimate of drug-likeness (QED) is 0.648. The smallest absolute Gasteiger partial charge is 0.0702 e. The highest BCUT2D eigenvalue weighted by molar-refractivity contribution is 4.79. The maximum absolute atomic E-state index is 9.18. The first kappa shape index (κ1) is 11.9. The number of hydrogen-bond acceptors (Lipinski definition) is 4. The molecule has 0 radical (unpaired) electrons. The first-order valence-electron chi connectivity index (χ1n) is 5.33. The number of aliphatic hydroxyl groups excluding tert-OH is 1. The maximum Gasteiger partial charge on any atom is 0.0702 e. The van der Waals surface area contributed by atoms with Crippen molar-refractivity contribution >= 4 is 0 Å². The molecule has 0 spiro atoms. The molecule has 0 saturated carbocycles. The molecule has 4 heteroatoms. The van der Waals surface area contributed by atoms with Crippen molar-refractivity contribution in [2.24, 2.45) is 5.73 Å². The van der Waals surface area contributed by atoms with Gasteiger partial charge in [0.05, 0.1) is 12.7 Å². The lowest BCUT2D eigenvalue weighted by molar-refractivity contribution is 0.0497. The van der Waals surface area contributed by atoms with Crippen LogP contribution in [0.5, 0.6) is 0 Å². The molecule has 0 aromatic heterocycles. The summed E-state index contributed by atoms with van der Waals surface area (Å²) in [6, 6.07) is 0.0330. The number of ether oxygens (including phenoxy) is 1. The molecule has 1 aliphatic heterocycles. The molecule has 1 heterocycles. The maximum atomic E-state index is 9.18. The van der Waals surface area contributed by atoms with Crippen LogP contribution in [0.25, 0.3) is 0 Å². The monoisotopic (exact) mass is 202 g/mol. The summed E-state index contributed by atoms with van der Waals surface area (Å²) in [4.78, 5) is 2.10. The molecule has 1 rings (SSSR count). The van der Waals surface area contributed by atoms with Gasteiger partial charge in [0.25, 0.3) is 0 Å². The third-order valence-electron chi connectivity index (χ3n) is 2.88. The van der Waals surface area contributed by atoms with E-state index >= 15 is 0 Å². The highest BCUT2D eigenvalue weighted by atomic mass is 16.5. The lowest BCUT2D eigenvalue weighted by Gasteiger charge is -2.31. The molecule has 14 heavy (non-hydrogen) atoms. The Morgan fingerprint density at radius 1 is 1.64 bits per heavy atom. The number of nitrogens with two attached hydrogens (primary N) is 1. The van der Waals surface area contributed by atoms with E-state index < -0.39 is 0 Å². The van der Waals surface area contributed by atoms with E-state index in [1.807, 2.05) is 14.0 Å². The van der Waals surface area contributed by atoms with Crippen molar-refractivity contribution in [3.8, 4) is 0 Å². The molecule has 1 fully saturated rings. The highest BCUT2D eigenvalue weighted by Crippen LogP contribution is 2.14. The van der Waals surface area contributed by atoms with Crippen LogP contribution in [-0.2, 0) is 4.74 Å². The molecule has 3 N–H and O–H groups in total. The number of nitrogens with zero attached hydrogens (tertiary/aromatic N) is 1. The molecule has 0 amide bonds. The zero-order valence-corrected chi connectivity index (χ0v) is 9.15. The standard InChI is InChI=1S/C10H22N2O2/c1-8(11)10(7-13)12(2)6-9-4-3-5-14-9/h8-10,13H,3-7,11H2,1-2H3. The Balaban J connectivity index is 2.34. The summed E-state index contributed by atoms with van der Waals surface area (Å²) < 4.78 is 5.53. The van der Waals surface area contributed by atoms with Gasteiger partial charge in [-0.25, -0.2) is 0 Å². The van der Waals surface area contributed by atoms with E-state index in [-0.39, 0.29) is 18.7 Å². The molecule has 1 saturated heterocycles. The lowest BCUT2D eigenvalue weighted by atomic mass is 10.1. The van der Waals surface area contributed by atoms with Gasteiger partial charge in [0.2, 0.25) is 0 Å². The Labute approximate surface area is 86.0 Å². The van der Waals surface area contributed by atoms with Gasteiger partial charge in [0.15, 0.2) is 0 Å². The van der Waals surface area contributed by atoms with Gasteiger partial charge in [-0.2, -0.15) is 0 Å². The Hall–Kier alpha value is -0.160. The first-order chi connectivity index (χ1) is 6.65. The van der Waals surface area contributed by atoms with Gasteiger partial charge in [-0.3, -0.25) is 4.90 Å². The first-order valence-corrected chi connectivity index (χ1v) is 5.33. The van der Waals surface area contributed by atoms with Gasteiger partial charge in [0.1, 0.15) is 0 Å². The predicted octanol–water partition coefficient (Wildman–Crippen LogP) is -0.195. The number of hydrogen-bond donors (Lipinski definition) is 2. The third kappa shape index (κ3) is 3.20. The molecule has 3 unspecified atom stereocenters. The third-order valence-corrected chi connectivity index (χ3v) is 2.88. The minimum atomic E-state index is -0.00796. The molecule has 0 aromatic carbocycles. The summed E-state index contributed by atoms with van der Waals surface area (Å²) in [5, 5.41) is 9.18. The van der Waals surface area contributed by atoms with Crippen molar-refractivity contribution in [2.75, 3.05) is 26.8 Å². The normalized spacial score (nSPS) is 26.8. The van der Waals surface area contributed by atoms with E-state index in [0.717, 1.165) is 26.0 Å². The van der Waals surface area contributed by atoms with Crippen LogP contribution in [0, 0.1) is 0 Å². The number of likely N-dealkylation sites (N-methyl/N-ethyl adjacent to an activating group) is 1. The highest BCUT2D eigenvalue weighted by Gasteiger charge is 2.23. The van der Waals surface area contributed by atoms with Crippen LogP contribution < -0.4 is 5.73 Å². The second-order valence-corrected chi connectivity index (χ2v) is 4.18. The van der Waals surface area contributed by atoms with Crippen molar-refractivity contribution in [3.05, 3.63) is 0 Å². The topological polar surface area (TPSA) is 58.7 Å². The average Bonchev–Trinajstić information content (AvgIpc) is 2.57. The summed E-state index contributed by atoms with van der Waals surface area (Å²) in [6.07, 6.45) is 2.61. The molecule has 3 atom stereocenters. The van der Waals surface area contributed by atoms with E-state index in [2.05, 4.69) is 4.90 Å². The van der Waals surface area contributed by atoms with Gasteiger partial charge < -0.3 is 15.6 Å². The summed E-state index contributed by atoms with van der Waals surface area (Å²) in [5.41, 5.74) is 5.78. The zero-order valence-electron chi connectivity index (χ0n) is 9.15. The van der Waals surface area contributed by atoms with Gasteiger partial charge in [-0.05, 0) is 26.8 Å². The van der Waals surface area contributed by atoms with Crippen LogP contribution in [0.15, 0.2) is 0 Å². The molecular formula is C10H22N2O2. The van der Waals surface area contributed by atoms with E-state index in [0.29, 0.717) is 6.10 Å². The SMILES string of the molecule is CC(N)C(CO)N(C)CC1CCCO1. The van der Waals surface area contributed by atoms with Crippen molar-refractivity contribution in [2.45, 2.75) is 38.0 Å². The lowest BCUT2D eigenvalue weighted by Crippen LogP contribution is -2.49. The fraction of sp³-hybridized carbons (Fsp3) is 1.00. The summed E-state index contributed by atoms with van der Waals surface area (Å²) in [7, 11) is 1.99. The summed E-state index contributed by atoms with van der Waals surface area (Å²) >= 11 is 0. The van der Waals surface area contributed by atoms with Gasteiger partial charge in [-0.15, -0.1) is 0 Å². The minimum absolute atomic E-state index is 0.00796. The second kappa shape index (κ2) is 5.66. The Kier molecular flexibility index (Phi) is 4.81. The Morgan fingerprint density at radius 3 is 2.79 bits per heavy atom. The average molecular weight is 202 g/mol. The van der Waals surface area contributed by atoms with Gasteiger partial charge >= 0.3 is 0 Å². The molecule has 0 aliphatic carbocycles. The van der Waals surface area contributed by atoms with Crippen LogP contribution >= 0.6 is 0 Å². The van der Waals surface area contributed by atoms with E-state index in [9.17, 15) is 5.11 Å². The fourth-order valence-electron chi connectivity index (χ4n) is 1.95. The van der Waals surface area contributed by atoms with Crippen LogP contribution in [0.4, 0.5) is 0 Å². The molecule has 4 nitrogen and oxygen atoms in total. The van der Waals surface area contributed by atoms with Gasteiger partial charge in [0, 0.05) is 25.2 Å². The molecule has 0 bridgehead atoms. The van der Waals surface area contributed by atoms with Gasteiger partial charge in [-0.1, -0.05) is 0 Å². The van der Waals surface area contributed by atoms with Crippen LogP contribution in [-0.4, -0.2) is 55.0 Å². The molecule has 84 valence electrons. The van der Waals surface area contributed by atoms with Crippen molar-refractivity contribution < 1.29 is 9.84 Å². The Bertz CT molecular complexity index is 158. The predicted molar refractivity (Wildman–Crippen MR) is 56.1 cm³/mol. The fourth-order valence-corrected chi connectivity index (χ4v) is 1.95. The number of aliphatic hydroxyl groups is 1. The van der Waals surface area contributed by atoms with E-state index in [1.165, 1.54) is 0 Å². The molecule has 1 aliphatic rings. The van der Waals surface area contributed by atoms with E-state index in [4.69, 9.17) is 10.5 Å². The van der Waals surface area contributed by atoms with Crippen LogP contribution in [0.1, 0.15) is 19.8 Å². The minimum Gasteiger partial charge on any atom is -0.395 e. The largest absolute Gasteiger partial charge is 0.395 e. The van der Waals surface area contributed by atoms with E-state index in [1.54, 1.807) is 0 Å². The Morgan fingerprint density at radius 2 is 2.36 bits per heavy atom. The second-order valence-electron chi connectivity index (χ2n) is 4.18. The van der Waals surface area contributed by atoms with Crippen molar-refractivity contribution in [1.29, 1.82) is 0 Å². The number of rotatable bonds is 5. The van der Waals surface area contributed by atoms with Crippen LogP contribution in [0.2, 0.25) is 0 Å². The zero-order chi connectivity index (χ0) is 10.6. The molecule has 0 aromatic rings. The van der Waals surface area contributed by atoms with Crippen LogP contribution in [0.3, 0.4) is 0 Å². The van der Waals surface area contributed by atoms with Crippen molar-refractivity contribution in [1.82, 2.24) is 4.90 Å². The molecular weight excluding hydrogens is 180 g/mol.